The molecule has 2 atom stereocenters. The van der Waals surface area contributed by atoms with Crippen LogP contribution in [0, 0.1) is 0 Å². The lowest BCUT2D eigenvalue weighted by Gasteiger charge is -2.26. The molecule has 2 heterocycles. The summed E-state index contributed by atoms with van der Waals surface area (Å²) in [6.07, 6.45) is 4.16. The molecule has 2 saturated heterocycles. The van der Waals surface area contributed by atoms with Crippen molar-refractivity contribution in [1.29, 1.82) is 0 Å². The number of halogens is 3. The highest BCUT2D eigenvalue weighted by Gasteiger charge is 2.35. The van der Waals surface area contributed by atoms with Gasteiger partial charge < -0.3 is 24.3 Å². The molecule has 0 spiro atoms. The van der Waals surface area contributed by atoms with Gasteiger partial charge in [0.15, 0.2) is 0 Å². The highest BCUT2D eigenvalue weighted by molar-refractivity contribution is 9.09. The fourth-order valence-electron chi connectivity index (χ4n) is 5.51. The minimum atomic E-state index is -0.131. The van der Waals surface area contributed by atoms with Gasteiger partial charge in [0.05, 0.1) is 13.2 Å². The summed E-state index contributed by atoms with van der Waals surface area (Å²) in [5.41, 5.74) is -0.193. The number of hydrogen-bond acceptors (Lipinski definition) is 6. The number of nitrogens with one attached hydrogen (secondary N) is 1. The van der Waals surface area contributed by atoms with Gasteiger partial charge in [0, 0.05) is 54.4 Å². The maximum atomic E-state index is 6.19. The van der Waals surface area contributed by atoms with Crippen LogP contribution >= 0.6 is 39.1 Å². The van der Waals surface area contributed by atoms with E-state index < -0.39 is 0 Å². The normalized spacial score (nSPS) is 19.9. The van der Waals surface area contributed by atoms with Gasteiger partial charge in [-0.1, -0.05) is 75.5 Å². The van der Waals surface area contributed by atoms with Crippen LogP contribution in [-0.2, 0) is 0 Å². The molecule has 0 amide bonds. The van der Waals surface area contributed by atoms with E-state index in [9.17, 15) is 0 Å². The second kappa shape index (κ2) is 20.7. The van der Waals surface area contributed by atoms with Crippen molar-refractivity contribution < 1.29 is 18.9 Å². The summed E-state index contributed by atoms with van der Waals surface area (Å²) in [4.78, 5) is 2.45. The largest absolute Gasteiger partial charge is 0.494 e. The van der Waals surface area contributed by atoms with Crippen LogP contribution in [0.25, 0.3) is 0 Å². The van der Waals surface area contributed by atoms with Gasteiger partial charge in [0.1, 0.15) is 34.2 Å². The summed E-state index contributed by atoms with van der Waals surface area (Å²) in [6.45, 7) is 10.8. The van der Waals surface area contributed by atoms with Gasteiger partial charge in [-0.15, -0.1) is 0 Å². The Hall–Kier alpha value is -2.94. The molecule has 49 heavy (non-hydrogen) atoms. The molecule has 0 radical (unpaired) electrons. The summed E-state index contributed by atoms with van der Waals surface area (Å²) in [5, 5.41) is 5.77. The third kappa shape index (κ3) is 14.8. The number of nitrogens with zero attached hydrogens (tertiary/aromatic N) is 1. The van der Waals surface area contributed by atoms with Crippen LogP contribution in [0.4, 0.5) is 0 Å². The summed E-state index contributed by atoms with van der Waals surface area (Å²) in [7, 11) is 0. The van der Waals surface area contributed by atoms with Crippen molar-refractivity contribution >= 4 is 39.1 Å². The highest BCUT2D eigenvalue weighted by atomic mass is 79.9. The lowest BCUT2D eigenvalue weighted by Crippen LogP contribution is -2.36. The molecule has 2 fully saturated rings. The lowest BCUT2D eigenvalue weighted by atomic mass is 10.1. The smallest absolute Gasteiger partial charge is 0.120 e. The number of alkyl halides is 1. The van der Waals surface area contributed by atoms with E-state index in [4.69, 9.17) is 42.1 Å². The second-order valence-electron chi connectivity index (χ2n) is 12.7. The fraction of sp³-hybridized carbons (Fsp3) is 0.400. The van der Waals surface area contributed by atoms with Gasteiger partial charge in [-0.25, -0.2) is 0 Å². The van der Waals surface area contributed by atoms with E-state index in [1.54, 1.807) is 0 Å². The Morgan fingerprint density at radius 2 is 1.16 bits per heavy atom. The van der Waals surface area contributed by atoms with Gasteiger partial charge in [0.2, 0.25) is 0 Å². The molecule has 2 aliphatic heterocycles. The van der Waals surface area contributed by atoms with E-state index in [0.29, 0.717) is 0 Å². The summed E-state index contributed by atoms with van der Waals surface area (Å²) in [5.74, 6) is 3.67. The summed E-state index contributed by atoms with van der Waals surface area (Å²) >= 11 is 15.1. The lowest BCUT2D eigenvalue weighted by molar-refractivity contribution is 0.0951. The Bertz CT molecular complexity index is 1460. The van der Waals surface area contributed by atoms with E-state index in [0.717, 1.165) is 110 Å². The van der Waals surface area contributed by atoms with Gasteiger partial charge in [-0.3, -0.25) is 4.90 Å². The fourth-order valence-corrected chi connectivity index (χ4v) is 5.99. The molecule has 1 N–H and O–H groups in total. The molecule has 0 bridgehead atoms. The Morgan fingerprint density at radius 1 is 0.653 bits per heavy atom. The first-order chi connectivity index (χ1) is 23.7. The minimum absolute atomic E-state index is 0.0617. The van der Waals surface area contributed by atoms with Crippen molar-refractivity contribution in [2.45, 2.75) is 50.7 Å². The molecule has 6 rings (SSSR count). The number of hydrogen-bond donors (Lipinski definition) is 1. The summed E-state index contributed by atoms with van der Waals surface area (Å²) in [6, 6.07) is 35.0. The van der Waals surface area contributed by atoms with Crippen molar-refractivity contribution in [3.05, 3.63) is 119 Å². The average molecular weight is 773 g/mol. The molecule has 0 aromatic heterocycles. The number of para-hydroxylation sites is 2. The first-order valence-corrected chi connectivity index (χ1v) is 18.9. The van der Waals surface area contributed by atoms with Crippen LogP contribution in [0.5, 0.6) is 23.0 Å². The van der Waals surface area contributed by atoms with E-state index >= 15 is 0 Å². The average Bonchev–Trinajstić information content (AvgIpc) is 3.72. The van der Waals surface area contributed by atoms with Crippen molar-refractivity contribution in [3.8, 4) is 23.0 Å². The molecule has 0 aliphatic carbocycles. The first kappa shape index (κ1) is 38.9. The van der Waals surface area contributed by atoms with Crippen molar-refractivity contribution in [1.82, 2.24) is 10.2 Å². The maximum Gasteiger partial charge on any atom is 0.120 e. The first-order valence-electron chi connectivity index (χ1n) is 17.0. The zero-order valence-corrected chi connectivity index (χ0v) is 31.7. The van der Waals surface area contributed by atoms with Crippen molar-refractivity contribution in [2.24, 2.45) is 0 Å². The number of benzene rings is 4. The predicted molar refractivity (Wildman–Crippen MR) is 206 cm³/mol. The quantitative estimate of drug-likeness (QED) is 0.108. The van der Waals surface area contributed by atoms with E-state index in [1.807, 2.05) is 109 Å². The van der Waals surface area contributed by atoms with Gasteiger partial charge in [0.25, 0.3) is 0 Å². The second-order valence-corrected chi connectivity index (χ2v) is 14.3. The third-order valence-corrected chi connectivity index (χ3v) is 9.19. The Balaban J connectivity index is 0.000000183. The predicted octanol–water partition coefficient (Wildman–Crippen LogP) is 9.97. The maximum absolute atomic E-state index is 6.19. The number of ether oxygens (including phenoxy) is 4. The molecule has 9 heteroatoms. The van der Waals surface area contributed by atoms with Crippen molar-refractivity contribution in [3.63, 3.8) is 0 Å². The topological polar surface area (TPSA) is 52.2 Å². The monoisotopic (exact) mass is 770 g/mol. The van der Waals surface area contributed by atoms with Crippen LogP contribution in [0.1, 0.15) is 39.5 Å². The molecule has 0 saturated carbocycles. The zero-order chi connectivity index (χ0) is 34.8. The Labute approximate surface area is 311 Å². The summed E-state index contributed by atoms with van der Waals surface area (Å²) < 4.78 is 23.3. The van der Waals surface area contributed by atoms with Crippen LogP contribution in [0.15, 0.2) is 109 Å². The van der Waals surface area contributed by atoms with Crippen LogP contribution < -0.4 is 24.3 Å². The van der Waals surface area contributed by atoms with E-state index in [-0.39, 0.29) is 11.2 Å². The molecule has 6 nitrogen and oxygen atoms in total. The molecule has 2 aliphatic rings. The minimum Gasteiger partial charge on any atom is -0.494 e. The molecule has 4 aromatic carbocycles. The van der Waals surface area contributed by atoms with E-state index in [1.165, 1.54) is 0 Å². The SMILES string of the molecule is BrCCCOc1ccccc1.CC1(Oc2ccc(Cl)cc2)CCN(CCCOc2ccccc2)C1.CC1(Oc2ccc(Cl)cc2)CCNC1. The molecule has 2 unspecified atom stereocenters. The number of rotatable bonds is 13. The third-order valence-electron chi connectivity index (χ3n) is 8.12. The molecule has 4 aromatic rings. The molecular weight excluding hydrogens is 723 g/mol. The number of likely N-dealkylation sites (tertiary alicyclic amines) is 1. The van der Waals surface area contributed by atoms with Crippen LogP contribution in [0.3, 0.4) is 0 Å². The van der Waals surface area contributed by atoms with Crippen LogP contribution in [-0.4, -0.2) is 67.4 Å². The van der Waals surface area contributed by atoms with Gasteiger partial charge >= 0.3 is 0 Å². The molecular formula is C40H49BrCl2N2O4. The highest BCUT2D eigenvalue weighted by Crippen LogP contribution is 2.29. The van der Waals surface area contributed by atoms with Crippen molar-refractivity contribution in [2.75, 3.05) is 51.3 Å². The zero-order valence-electron chi connectivity index (χ0n) is 28.6. The van der Waals surface area contributed by atoms with Crippen LogP contribution in [0.2, 0.25) is 10.0 Å². The Kier molecular flexibility index (Phi) is 16.4. The standard InChI is InChI=1S/C20H24ClNO2.C11H14ClNO.C9H11BrO/c1-20(24-19-10-8-17(21)9-11-19)12-14-22(16-20)13-5-15-23-18-6-3-2-4-7-18;1-11(6-7-13-8-11)14-10-4-2-9(12)3-5-10;10-7-4-8-11-9-5-2-1-3-6-9/h2-4,6-11H,5,12-16H2,1H3;2-5,13H,6-8H2,1H3;1-3,5-6H,4,7-8H2. The van der Waals surface area contributed by atoms with E-state index in [2.05, 4.69) is 40.0 Å². The van der Waals surface area contributed by atoms with Gasteiger partial charge in [-0.05, 0) is 106 Å². The molecule has 264 valence electrons. The van der Waals surface area contributed by atoms with Gasteiger partial charge in [-0.2, -0.15) is 0 Å². The Morgan fingerprint density at radius 3 is 1.65 bits per heavy atom.